The Morgan fingerprint density at radius 1 is 1.53 bits per heavy atom. The van der Waals surface area contributed by atoms with E-state index in [0.717, 1.165) is 0 Å². The van der Waals surface area contributed by atoms with Crippen LogP contribution in [0.15, 0.2) is 12.7 Å². The first-order valence-corrected chi connectivity index (χ1v) is 5.33. The van der Waals surface area contributed by atoms with Crippen molar-refractivity contribution in [2.45, 2.75) is 13.3 Å². The number of carbonyl (C=O) groups is 1. The SMILES string of the molecule is CCC(CNc1ncnc2nc[nH]c12)C(=O)O. The quantitative estimate of drug-likeness (QED) is 0.710. The summed E-state index contributed by atoms with van der Waals surface area (Å²) >= 11 is 0. The largest absolute Gasteiger partial charge is 0.481 e. The number of aliphatic carboxylic acids is 1. The predicted octanol–water partition coefficient (Wildman–Crippen LogP) is 0.876. The van der Waals surface area contributed by atoms with Crippen molar-refractivity contribution in [3.8, 4) is 0 Å². The fourth-order valence-corrected chi connectivity index (χ4v) is 1.53. The minimum Gasteiger partial charge on any atom is -0.481 e. The molecule has 2 heterocycles. The van der Waals surface area contributed by atoms with Gasteiger partial charge in [0, 0.05) is 6.54 Å². The van der Waals surface area contributed by atoms with E-state index in [1.807, 2.05) is 6.92 Å². The Hall–Kier alpha value is -2.18. The highest BCUT2D eigenvalue weighted by Gasteiger charge is 2.15. The van der Waals surface area contributed by atoms with Gasteiger partial charge in [-0.2, -0.15) is 0 Å². The van der Waals surface area contributed by atoms with E-state index in [2.05, 4.69) is 25.3 Å². The van der Waals surface area contributed by atoms with Crippen LogP contribution in [0.2, 0.25) is 0 Å². The van der Waals surface area contributed by atoms with Crippen LogP contribution >= 0.6 is 0 Å². The molecule has 0 radical (unpaired) electrons. The maximum Gasteiger partial charge on any atom is 0.308 e. The van der Waals surface area contributed by atoms with Crippen molar-refractivity contribution in [1.29, 1.82) is 0 Å². The van der Waals surface area contributed by atoms with E-state index in [1.165, 1.54) is 12.7 Å². The molecule has 90 valence electrons. The van der Waals surface area contributed by atoms with Gasteiger partial charge in [0.2, 0.25) is 0 Å². The zero-order chi connectivity index (χ0) is 12.3. The number of H-pyrrole nitrogens is 1. The van der Waals surface area contributed by atoms with Crippen LogP contribution in [0.5, 0.6) is 0 Å². The zero-order valence-corrected chi connectivity index (χ0v) is 9.34. The fourth-order valence-electron chi connectivity index (χ4n) is 1.53. The van der Waals surface area contributed by atoms with Crippen molar-refractivity contribution in [2.24, 2.45) is 5.92 Å². The van der Waals surface area contributed by atoms with Crippen molar-refractivity contribution < 1.29 is 9.90 Å². The second-order valence-electron chi connectivity index (χ2n) is 3.65. The molecule has 3 N–H and O–H groups in total. The average molecular weight is 235 g/mol. The Morgan fingerprint density at radius 2 is 2.35 bits per heavy atom. The molecular formula is C10H13N5O2. The molecule has 7 nitrogen and oxygen atoms in total. The number of fused-ring (bicyclic) bond motifs is 1. The smallest absolute Gasteiger partial charge is 0.308 e. The molecule has 0 saturated carbocycles. The summed E-state index contributed by atoms with van der Waals surface area (Å²) < 4.78 is 0. The third-order valence-electron chi connectivity index (χ3n) is 2.58. The number of nitrogens with one attached hydrogen (secondary N) is 2. The maximum atomic E-state index is 10.9. The van der Waals surface area contributed by atoms with Crippen molar-refractivity contribution in [1.82, 2.24) is 19.9 Å². The molecule has 0 aliphatic carbocycles. The normalized spacial score (nSPS) is 12.5. The molecule has 2 rings (SSSR count). The van der Waals surface area contributed by atoms with Crippen LogP contribution in [-0.2, 0) is 4.79 Å². The van der Waals surface area contributed by atoms with Gasteiger partial charge in [0.05, 0.1) is 12.2 Å². The lowest BCUT2D eigenvalue weighted by Crippen LogP contribution is -2.22. The molecule has 2 aromatic rings. The highest BCUT2D eigenvalue weighted by Crippen LogP contribution is 2.15. The first kappa shape index (κ1) is 11.3. The Kier molecular flexibility index (Phi) is 3.17. The first-order chi connectivity index (χ1) is 8.22. The van der Waals surface area contributed by atoms with Gasteiger partial charge in [-0.3, -0.25) is 4.79 Å². The third kappa shape index (κ3) is 2.32. The highest BCUT2D eigenvalue weighted by atomic mass is 16.4. The summed E-state index contributed by atoms with van der Waals surface area (Å²) in [6.07, 6.45) is 3.49. The number of anilines is 1. The van der Waals surface area contributed by atoms with Crippen LogP contribution in [0.4, 0.5) is 5.82 Å². The first-order valence-electron chi connectivity index (χ1n) is 5.33. The summed E-state index contributed by atoms with van der Waals surface area (Å²) in [4.78, 5) is 25.8. The number of hydrogen-bond donors (Lipinski definition) is 3. The topological polar surface area (TPSA) is 104 Å². The van der Waals surface area contributed by atoms with E-state index < -0.39 is 11.9 Å². The van der Waals surface area contributed by atoms with E-state index in [4.69, 9.17) is 5.11 Å². The van der Waals surface area contributed by atoms with E-state index in [-0.39, 0.29) is 0 Å². The molecule has 0 saturated heterocycles. The lowest BCUT2D eigenvalue weighted by molar-refractivity contribution is -0.141. The van der Waals surface area contributed by atoms with Crippen molar-refractivity contribution in [2.75, 3.05) is 11.9 Å². The number of carboxylic acids is 1. The van der Waals surface area contributed by atoms with Gasteiger partial charge in [0.1, 0.15) is 11.8 Å². The number of carboxylic acid groups (broad SMARTS) is 1. The zero-order valence-electron chi connectivity index (χ0n) is 9.34. The van der Waals surface area contributed by atoms with Gasteiger partial charge < -0.3 is 15.4 Å². The molecule has 0 aromatic carbocycles. The molecule has 1 unspecified atom stereocenters. The van der Waals surface area contributed by atoms with Gasteiger partial charge in [0.15, 0.2) is 11.5 Å². The Bertz CT molecular complexity index is 524. The summed E-state index contributed by atoms with van der Waals surface area (Å²) in [5, 5.41) is 11.9. The molecule has 0 fully saturated rings. The molecule has 7 heteroatoms. The lowest BCUT2D eigenvalue weighted by atomic mass is 10.1. The van der Waals surface area contributed by atoms with Gasteiger partial charge in [0.25, 0.3) is 0 Å². The van der Waals surface area contributed by atoms with Crippen molar-refractivity contribution >= 4 is 23.0 Å². The minimum atomic E-state index is -0.810. The molecule has 0 amide bonds. The van der Waals surface area contributed by atoms with Gasteiger partial charge in [-0.15, -0.1) is 0 Å². The second-order valence-corrected chi connectivity index (χ2v) is 3.65. The predicted molar refractivity (Wildman–Crippen MR) is 61.6 cm³/mol. The number of aromatic amines is 1. The van der Waals surface area contributed by atoms with Crippen LogP contribution in [0, 0.1) is 5.92 Å². The van der Waals surface area contributed by atoms with E-state index >= 15 is 0 Å². The number of imidazole rings is 1. The standard InChI is InChI=1S/C10H13N5O2/c1-2-6(10(16)17)3-11-8-7-9(13-4-12-7)15-5-14-8/h4-6H,2-3H2,1H3,(H,16,17)(H2,11,12,13,14,15). The lowest BCUT2D eigenvalue weighted by Gasteiger charge is -2.11. The molecular weight excluding hydrogens is 222 g/mol. The van der Waals surface area contributed by atoms with Crippen LogP contribution in [0.1, 0.15) is 13.3 Å². The summed E-state index contributed by atoms with van der Waals surface area (Å²) in [5.74, 6) is -0.662. The average Bonchev–Trinajstić information content (AvgIpc) is 2.78. The number of hydrogen-bond acceptors (Lipinski definition) is 5. The van der Waals surface area contributed by atoms with Crippen molar-refractivity contribution in [3.63, 3.8) is 0 Å². The summed E-state index contributed by atoms with van der Waals surface area (Å²) in [6.45, 7) is 2.17. The van der Waals surface area contributed by atoms with Crippen LogP contribution in [0.25, 0.3) is 11.2 Å². The molecule has 0 aliphatic heterocycles. The van der Waals surface area contributed by atoms with Gasteiger partial charge in [-0.05, 0) is 6.42 Å². The van der Waals surface area contributed by atoms with Crippen LogP contribution in [-0.4, -0.2) is 37.6 Å². The third-order valence-corrected chi connectivity index (χ3v) is 2.58. The van der Waals surface area contributed by atoms with E-state index in [9.17, 15) is 4.79 Å². The monoisotopic (exact) mass is 235 g/mol. The molecule has 1 atom stereocenters. The molecule has 17 heavy (non-hydrogen) atoms. The summed E-state index contributed by atoms with van der Waals surface area (Å²) in [6, 6.07) is 0. The van der Waals surface area contributed by atoms with Crippen LogP contribution in [0.3, 0.4) is 0 Å². The minimum absolute atomic E-state index is 0.330. The Balaban J connectivity index is 2.13. The Labute approximate surface area is 97.3 Å². The Morgan fingerprint density at radius 3 is 3.06 bits per heavy atom. The van der Waals surface area contributed by atoms with Gasteiger partial charge in [-0.25, -0.2) is 15.0 Å². The van der Waals surface area contributed by atoms with Gasteiger partial charge in [-0.1, -0.05) is 6.92 Å². The fraction of sp³-hybridized carbons (Fsp3) is 0.400. The summed E-state index contributed by atoms with van der Waals surface area (Å²) in [7, 11) is 0. The number of aromatic nitrogens is 4. The molecule has 0 aliphatic rings. The molecule has 0 bridgehead atoms. The van der Waals surface area contributed by atoms with Crippen LogP contribution < -0.4 is 5.32 Å². The molecule has 2 aromatic heterocycles. The highest BCUT2D eigenvalue weighted by molar-refractivity contribution is 5.82. The van der Waals surface area contributed by atoms with E-state index in [0.29, 0.717) is 29.9 Å². The maximum absolute atomic E-state index is 10.9. The van der Waals surface area contributed by atoms with E-state index in [1.54, 1.807) is 0 Å². The van der Waals surface area contributed by atoms with Gasteiger partial charge >= 0.3 is 5.97 Å². The second kappa shape index (κ2) is 4.77. The van der Waals surface area contributed by atoms with Crippen molar-refractivity contribution in [3.05, 3.63) is 12.7 Å². The molecule has 0 spiro atoms. The number of rotatable bonds is 5. The summed E-state index contributed by atoms with van der Waals surface area (Å²) in [5.41, 5.74) is 1.25. The number of nitrogens with zero attached hydrogens (tertiary/aromatic N) is 3.